The normalized spacial score (nSPS) is 10.2. The van der Waals surface area contributed by atoms with Gasteiger partial charge in [-0.05, 0) is 43.5 Å². The van der Waals surface area contributed by atoms with E-state index in [1.165, 1.54) is 12.1 Å². The number of aryl methyl sites for hydroxylation is 2. The second-order valence-corrected chi connectivity index (χ2v) is 4.96. The maximum Gasteiger partial charge on any atom is 0.271 e. The molecule has 0 aliphatic carbocycles. The molecule has 5 nitrogen and oxygen atoms in total. The van der Waals surface area contributed by atoms with E-state index < -0.39 is 4.92 Å². The largest absolute Gasteiger partial charge is 0.321 e. The fourth-order valence-electron chi connectivity index (χ4n) is 2.04. The Kier molecular flexibility index (Phi) is 4.03. The van der Waals surface area contributed by atoms with E-state index in [-0.39, 0.29) is 11.6 Å². The number of rotatable bonds is 3. The maximum atomic E-state index is 12.3. The van der Waals surface area contributed by atoms with Crippen molar-refractivity contribution in [2.24, 2.45) is 0 Å². The Bertz CT molecular complexity index is 723. The van der Waals surface area contributed by atoms with Crippen molar-refractivity contribution in [2.45, 2.75) is 20.8 Å². The van der Waals surface area contributed by atoms with E-state index in [1.807, 2.05) is 26.0 Å². The average molecular weight is 284 g/mol. The van der Waals surface area contributed by atoms with Gasteiger partial charge in [0.15, 0.2) is 0 Å². The molecule has 0 fully saturated rings. The fraction of sp³-hybridized carbons (Fsp3) is 0.188. The zero-order chi connectivity index (χ0) is 15.6. The monoisotopic (exact) mass is 284 g/mol. The van der Waals surface area contributed by atoms with Crippen LogP contribution >= 0.6 is 0 Å². The number of amides is 1. The molecule has 0 aromatic heterocycles. The Hall–Kier alpha value is -2.69. The minimum absolute atomic E-state index is 0.0446. The van der Waals surface area contributed by atoms with Crippen LogP contribution in [-0.2, 0) is 0 Å². The van der Waals surface area contributed by atoms with Crippen molar-refractivity contribution in [3.05, 3.63) is 68.8 Å². The second-order valence-electron chi connectivity index (χ2n) is 4.96. The first-order valence-corrected chi connectivity index (χ1v) is 6.52. The summed E-state index contributed by atoms with van der Waals surface area (Å²) in [6.07, 6.45) is 0. The standard InChI is InChI=1S/C16H16N2O3/c1-10-5-4-6-14(12(10)3)16(19)17-15-9-13(18(20)21)8-7-11(15)2/h4-9H,1-3H3,(H,17,19). The maximum absolute atomic E-state index is 12.3. The number of nitrogens with one attached hydrogen (secondary N) is 1. The molecule has 0 saturated heterocycles. The van der Waals surface area contributed by atoms with Gasteiger partial charge in [0.05, 0.1) is 10.6 Å². The van der Waals surface area contributed by atoms with Gasteiger partial charge < -0.3 is 5.32 Å². The number of benzene rings is 2. The first-order chi connectivity index (χ1) is 9.90. The Balaban J connectivity index is 2.33. The third kappa shape index (κ3) is 3.08. The second kappa shape index (κ2) is 5.75. The molecule has 1 N–H and O–H groups in total. The third-order valence-electron chi connectivity index (χ3n) is 3.53. The molecule has 0 atom stereocenters. The zero-order valence-electron chi connectivity index (χ0n) is 12.1. The summed E-state index contributed by atoms with van der Waals surface area (Å²) < 4.78 is 0. The van der Waals surface area contributed by atoms with Gasteiger partial charge in [-0.3, -0.25) is 14.9 Å². The highest BCUT2D eigenvalue weighted by Gasteiger charge is 2.14. The van der Waals surface area contributed by atoms with Crippen molar-refractivity contribution >= 4 is 17.3 Å². The molecule has 0 bridgehead atoms. The highest BCUT2D eigenvalue weighted by atomic mass is 16.6. The highest BCUT2D eigenvalue weighted by molar-refractivity contribution is 6.05. The number of nitrogens with zero attached hydrogens (tertiary/aromatic N) is 1. The Morgan fingerprint density at radius 3 is 2.48 bits per heavy atom. The summed E-state index contributed by atoms with van der Waals surface area (Å²) in [6.45, 7) is 5.61. The number of carbonyl (C=O) groups is 1. The van der Waals surface area contributed by atoms with E-state index in [0.717, 1.165) is 16.7 Å². The smallest absolute Gasteiger partial charge is 0.271 e. The number of hydrogen-bond donors (Lipinski definition) is 1. The molecule has 0 heterocycles. The molecular weight excluding hydrogens is 268 g/mol. The van der Waals surface area contributed by atoms with E-state index >= 15 is 0 Å². The van der Waals surface area contributed by atoms with Crippen molar-refractivity contribution < 1.29 is 9.72 Å². The molecule has 108 valence electrons. The molecule has 2 aromatic rings. The summed E-state index contributed by atoms with van der Waals surface area (Å²) in [7, 11) is 0. The predicted molar refractivity (Wildman–Crippen MR) is 81.7 cm³/mol. The van der Waals surface area contributed by atoms with Crippen LogP contribution in [0.25, 0.3) is 0 Å². The molecule has 0 unspecified atom stereocenters. The van der Waals surface area contributed by atoms with Crippen LogP contribution in [-0.4, -0.2) is 10.8 Å². The van der Waals surface area contributed by atoms with Crippen LogP contribution in [0, 0.1) is 30.9 Å². The minimum Gasteiger partial charge on any atom is -0.321 e. The van der Waals surface area contributed by atoms with Crippen LogP contribution in [0.3, 0.4) is 0 Å². The summed E-state index contributed by atoms with van der Waals surface area (Å²) in [4.78, 5) is 22.7. The average Bonchev–Trinajstić information content (AvgIpc) is 2.43. The lowest BCUT2D eigenvalue weighted by molar-refractivity contribution is -0.384. The molecule has 0 radical (unpaired) electrons. The van der Waals surface area contributed by atoms with Crippen LogP contribution < -0.4 is 5.32 Å². The van der Waals surface area contributed by atoms with Crippen LogP contribution in [0.4, 0.5) is 11.4 Å². The topological polar surface area (TPSA) is 72.2 Å². The summed E-state index contributed by atoms with van der Waals surface area (Å²) in [5, 5.41) is 13.6. The lowest BCUT2D eigenvalue weighted by Gasteiger charge is -2.11. The molecule has 2 aromatic carbocycles. The molecule has 2 rings (SSSR count). The molecule has 0 aliphatic rings. The van der Waals surface area contributed by atoms with Crippen molar-refractivity contribution in [1.29, 1.82) is 0 Å². The molecule has 0 spiro atoms. The Morgan fingerprint density at radius 2 is 1.81 bits per heavy atom. The van der Waals surface area contributed by atoms with Gasteiger partial charge in [0.1, 0.15) is 0 Å². The quantitative estimate of drug-likeness (QED) is 0.688. The van der Waals surface area contributed by atoms with Gasteiger partial charge in [-0.25, -0.2) is 0 Å². The number of anilines is 1. The van der Waals surface area contributed by atoms with Gasteiger partial charge in [-0.1, -0.05) is 18.2 Å². The van der Waals surface area contributed by atoms with Gasteiger partial charge >= 0.3 is 0 Å². The number of nitro groups is 1. The lowest BCUT2D eigenvalue weighted by Crippen LogP contribution is -2.14. The third-order valence-corrected chi connectivity index (χ3v) is 3.53. The van der Waals surface area contributed by atoms with E-state index in [1.54, 1.807) is 19.1 Å². The first kappa shape index (κ1) is 14.7. The predicted octanol–water partition coefficient (Wildman–Crippen LogP) is 3.77. The van der Waals surface area contributed by atoms with Gasteiger partial charge in [-0.15, -0.1) is 0 Å². The molecule has 21 heavy (non-hydrogen) atoms. The molecule has 5 heteroatoms. The van der Waals surface area contributed by atoms with Crippen molar-refractivity contribution in [2.75, 3.05) is 5.32 Å². The molecule has 1 amide bonds. The number of hydrogen-bond acceptors (Lipinski definition) is 3. The Labute approximate surface area is 122 Å². The first-order valence-electron chi connectivity index (χ1n) is 6.52. The fourth-order valence-corrected chi connectivity index (χ4v) is 2.04. The Morgan fingerprint density at radius 1 is 1.10 bits per heavy atom. The van der Waals surface area contributed by atoms with Crippen molar-refractivity contribution in [3.63, 3.8) is 0 Å². The van der Waals surface area contributed by atoms with Crippen molar-refractivity contribution in [3.8, 4) is 0 Å². The number of carbonyl (C=O) groups excluding carboxylic acids is 1. The van der Waals surface area contributed by atoms with E-state index in [4.69, 9.17) is 0 Å². The van der Waals surface area contributed by atoms with Crippen LogP contribution in [0.5, 0.6) is 0 Å². The highest BCUT2D eigenvalue weighted by Crippen LogP contribution is 2.23. The molecule has 0 aliphatic heterocycles. The summed E-state index contributed by atoms with van der Waals surface area (Å²) in [6, 6.07) is 9.91. The van der Waals surface area contributed by atoms with Crippen LogP contribution in [0.15, 0.2) is 36.4 Å². The van der Waals surface area contributed by atoms with Gasteiger partial charge in [-0.2, -0.15) is 0 Å². The SMILES string of the molecule is Cc1ccc([N+](=O)[O-])cc1NC(=O)c1cccc(C)c1C. The molecule has 0 saturated carbocycles. The minimum atomic E-state index is -0.479. The van der Waals surface area contributed by atoms with Gasteiger partial charge in [0, 0.05) is 17.7 Å². The van der Waals surface area contributed by atoms with Crippen molar-refractivity contribution in [1.82, 2.24) is 0 Å². The lowest BCUT2D eigenvalue weighted by atomic mass is 10.0. The van der Waals surface area contributed by atoms with Gasteiger partial charge in [0.25, 0.3) is 11.6 Å². The van der Waals surface area contributed by atoms with E-state index in [9.17, 15) is 14.9 Å². The van der Waals surface area contributed by atoms with Crippen LogP contribution in [0.2, 0.25) is 0 Å². The number of non-ortho nitro benzene ring substituents is 1. The number of nitro benzene ring substituents is 1. The van der Waals surface area contributed by atoms with Gasteiger partial charge in [0.2, 0.25) is 0 Å². The van der Waals surface area contributed by atoms with Crippen LogP contribution in [0.1, 0.15) is 27.0 Å². The van der Waals surface area contributed by atoms with E-state index in [0.29, 0.717) is 11.3 Å². The molecular formula is C16H16N2O3. The summed E-state index contributed by atoms with van der Waals surface area (Å²) in [5.74, 6) is -0.264. The van der Waals surface area contributed by atoms with E-state index in [2.05, 4.69) is 5.32 Å². The summed E-state index contributed by atoms with van der Waals surface area (Å²) >= 11 is 0. The zero-order valence-corrected chi connectivity index (χ0v) is 12.1. The summed E-state index contributed by atoms with van der Waals surface area (Å²) in [5.41, 5.74) is 3.68.